The number of benzene rings is 1. The number of carbonyl (C=O) groups is 1. The number of nitrogens with zero attached hydrogens (tertiary/aromatic N) is 2. The van der Waals surface area contributed by atoms with E-state index in [1.54, 1.807) is 24.4 Å². The van der Waals surface area contributed by atoms with Crippen LogP contribution in [-0.4, -0.2) is 31.6 Å². The molecular formula is C15H13N3O5S2. The molecule has 2 heterocycles. The van der Waals surface area contributed by atoms with Crippen molar-refractivity contribution < 1.29 is 22.5 Å². The predicted octanol–water partition coefficient (Wildman–Crippen LogP) is 2.69. The van der Waals surface area contributed by atoms with Crippen LogP contribution in [-0.2, 0) is 14.8 Å². The first-order valence-electron chi connectivity index (χ1n) is 7.00. The Balaban J connectivity index is 2.00. The van der Waals surface area contributed by atoms with Crippen LogP contribution in [0.5, 0.6) is 0 Å². The third-order valence-electron chi connectivity index (χ3n) is 3.21. The average Bonchev–Trinajstić information content (AvgIpc) is 3.22. The van der Waals surface area contributed by atoms with Crippen molar-refractivity contribution in [3.63, 3.8) is 0 Å². The summed E-state index contributed by atoms with van der Waals surface area (Å²) in [6, 6.07) is 7.38. The van der Waals surface area contributed by atoms with E-state index in [4.69, 9.17) is 4.52 Å². The molecule has 1 N–H and O–H groups in total. The first-order chi connectivity index (χ1) is 11.9. The van der Waals surface area contributed by atoms with Crippen LogP contribution in [0.4, 0.5) is 5.69 Å². The van der Waals surface area contributed by atoms with Gasteiger partial charge in [0.2, 0.25) is 0 Å². The van der Waals surface area contributed by atoms with Gasteiger partial charge in [-0.2, -0.15) is 4.98 Å². The van der Waals surface area contributed by atoms with Gasteiger partial charge < -0.3 is 9.26 Å². The van der Waals surface area contributed by atoms with Gasteiger partial charge in [-0.1, -0.05) is 17.3 Å². The second-order valence-electron chi connectivity index (χ2n) is 4.90. The van der Waals surface area contributed by atoms with Crippen molar-refractivity contribution in [2.24, 2.45) is 0 Å². The van der Waals surface area contributed by atoms with Crippen molar-refractivity contribution in [3.8, 4) is 10.8 Å². The summed E-state index contributed by atoms with van der Waals surface area (Å²) in [4.78, 5) is 16.2. The molecule has 0 unspecified atom stereocenters. The molecule has 3 aromatic rings. The molecule has 2 aromatic heterocycles. The van der Waals surface area contributed by atoms with Gasteiger partial charge in [-0.3, -0.25) is 4.72 Å². The van der Waals surface area contributed by atoms with E-state index in [0.29, 0.717) is 10.7 Å². The van der Waals surface area contributed by atoms with Gasteiger partial charge in [0, 0.05) is 0 Å². The van der Waals surface area contributed by atoms with E-state index in [1.165, 1.54) is 36.6 Å². The molecule has 8 nitrogen and oxygen atoms in total. The molecule has 0 radical (unpaired) electrons. The van der Waals surface area contributed by atoms with Crippen LogP contribution in [0.15, 0.2) is 45.1 Å². The normalized spacial score (nSPS) is 11.3. The maximum atomic E-state index is 12.7. The quantitative estimate of drug-likeness (QED) is 0.678. The minimum atomic E-state index is -4.03. The SMILES string of the molecule is COC(=O)c1ccccc1S(=O)(=O)Nc1ccsc1-c1nc(C)no1. The number of ether oxygens (including phenoxy) is 1. The van der Waals surface area contributed by atoms with Crippen LogP contribution in [0.1, 0.15) is 16.2 Å². The number of carbonyl (C=O) groups excluding carboxylic acids is 1. The topological polar surface area (TPSA) is 111 Å². The molecule has 0 amide bonds. The Morgan fingerprint density at radius 1 is 1.28 bits per heavy atom. The highest BCUT2D eigenvalue weighted by atomic mass is 32.2. The summed E-state index contributed by atoms with van der Waals surface area (Å²) in [6.07, 6.45) is 0. The van der Waals surface area contributed by atoms with Crippen LogP contribution >= 0.6 is 11.3 Å². The minimum Gasteiger partial charge on any atom is -0.465 e. The molecule has 1 aromatic carbocycles. The van der Waals surface area contributed by atoms with E-state index in [-0.39, 0.29) is 22.0 Å². The number of nitrogens with one attached hydrogen (secondary N) is 1. The fourth-order valence-electron chi connectivity index (χ4n) is 2.12. The van der Waals surface area contributed by atoms with Crippen molar-refractivity contribution in [2.75, 3.05) is 11.8 Å². The number of methoxy groups -OCH3 is 1. The van der Waals surface area contributed by atoms with Crippen molar-refractivity contribution in [1.82, 2.24) is 10.1 Å². The van der Waals surface area contributed by atoms with Crippen LogP contribution in [0, 0.1) is 6.92 Å². The van der Waals surface area contributed by atoms with Crippen molar-refractivity contribution in [3.05, 3.63) is 47.1 Å². The monoisotopic (exact) mass is 379 g/mol. The number of esters is 1. The minimum absolute atomic E-state index is 0.0529. The van der Waals surface area contributed by atoms with Crippen molar-refractivity contribution in [2.45, 2.75) is 11.8 Å². The van der Waals surface area contributed by atoms with Gasteiger partial charge in [-0.25, -0.2) is 13.2 Å². The number of sulfonamides is 1. The van der Waals surface area contributed by atoms with E-state index >= 15 is 0 Å². The molecule has 0 spiro atoms. The fraction of sp³-hybridized carbons (Fsp3) is 0.133. The number of thiophene rings is 1. The van der Waals surface area contributed by atoms with Gasteiger partial charge in [0.15, 0.2) is 5.82 Å². The lowest BCUT2D eigenvalue weighted by Crippen LogP contribution is -2.17. The van der Waals surface area contributed by atoms with Gasteiger partial charge in [0.1, 0.15) is 9.77 Å². The first-order valence-corrected chi connectivity index (χ1v) is 9.37. The number of rotatable bonds is 5. The lowest BCUT2D eigenvalue weighted by Gasteiger charge is -2.11. The molecular weight excluding hydrogens is 366 g/mol. The highest BCUT2D eigenvalue weighted by Gasteiger charge is 2.25. The lowest BCUT2D eigenvalue weighted by molar-refractivity contribution is 0.0596. The highest BCUT2D eigenvalue weighted by molar-refractivity contribution is 7.92. The van der Waals surface area contributed by atoms with E-state index in [9.17, 15) is 13.2 Å². The third kappa shape index (κ3) is 3.39. The molecule has 0 bridgehead atoms. The lowest BCUT2D eigenvalue weighted by atomic mass is 10.2. The standard InChI is InChI=1S/C15H13N3O5S2/c1-9-16-14(23-17-9)13-11(7-8-24-13)18-25(20,21)12-6-4-3-5-10(12)15(19)22-2/h3-8,18H,1-2H3. The summed E-state index contributed by atoms with van der Waals surface area (Å²) in [5, 5.41) is 5.39. The summed E-state index contributed by atoms with van der Waals surface area (Å²) < 4.78 is 37.7. The molecule has 0 aliphatic heterocycles. The van der Waals surface area contributed by atoms with E-state index in [2.05, 4.69) is 19.6 Å². The third-order valence-corrected chi connectivity index (χ3v) is 5.54. The second-order valence-corrected chi connectivity index (χ2v) is 7.47. The Morgan fingerprint density at radius 2 is 2.04 bits per heavy atom. The highest BCUT2D eigenvalue weighted by Crippen LogP contribution is 2.34. The second kappa shape index (κ2) is 6.65. The maximum Gasteiger partial charge on any atom is 0.339 e. The summed E-state index contributed by atoms with van der Waals surface area (Å²) in [5.74, 6) is -0.0845. The summed E-state index contributed by atoms with van der Waals surface area (Å²) in [5.41, 5.74) is 0.233. The zero-order chi connectivity index (χ0) is 18.0. The van der Waals surface area contributed by atoms with Crippen molar-refractivity contribution in [1.29, 1.82) is 0 Å². The zero-order valence-electron chi connectivity index (χ0n) is 13.2. The molecule has 0 atom stereocenters. The Kier molecular flexibility index (Phi) is 4.55. The maximum absolute atomic E-state index is 12.7. The first kappa shape index (κ1) is 17.1. The number of anilines is 1. The number of hydrogen-bond donors (Lipinski definition) is 1. The molecule has 0 aliphatic carbocycles. The van der Waals surface area contributed by atoms with E-state index in [1.807, 2.05) is 0 Å². The molecule has 130 valence electrons. The predicted molar refractivity (Wildman–Crippen MR) is 90.9 cm³/mol. The Morgan fingerprint density at radius 3 is 2.72 bits per heavy atom. The van der Waals surface area contributed by atoms with Gasteiger partial charge in [-0.05, 0) is 30.5 Å². The van der Waals surface area contributed by atoms with E-state index in [0.717, 1.165) is 0 Å². The molecule has 10 heteroatoms. The molecule has 0 fully saturated rings. The number of aryl methyl sites for hydroxylation is 1. The number of aromatic nitrogens is 2. The van der Waals surface area contributed by atoms with Gasteiger partial charge >= 0.3 is 5.97 Å². The Bertz CT molecular complexity index is 1020. The Hall–Kier alpha value is -2.72. The van der Waals surface area contributed by atoms with Crippen LogP contribution in [0.2, 0.25) is 0 Å². The summed E-state index contributed by atoms with van der Waals surface area (Å²) in [6.45, 7) is 1.66. The zero-order valence-corrected chi connectivity index (χ0v) is 14.8. The van der Waals surface area contributed by atoms with Gasteiger partial charge in [-0.15, -0.1) is 11.3 Å². The van der Waals surface area contributed by atoms with E-state index < -0.39 is 16.0 Å². The van der Waals surface area contributed by atoms with Gasteiger partial charge in [0.25, 0.3) is 15.9 Å². The number of hydrogen-bond acceptors (Lipinski definition) is 8. The molecule has 0 saturated heterocycles. The summed E-state index contributed by atoms with van der Waals surface area (Å²) in [7, 11) is -2.84. The van der Waals surface area contributed by atoms with Crippen LogP contribution in [0.3, 0.4) is 0 Å². The molecule has 0 aliphatic rings. The largest absolute Gasteiger partial charge is 0.465 e. The van der Waals surface area contributed by atoms with Gasteiger partial charge in [0.05, 0.1) is 18.4 Å². The molecule has 25 heavy (non-hydrogen) atoms. The average molecular weight is 379 g/mol. The smallest absolute Gasteiger partial charge is 0.339 e. The molecule has 0 saturated carbocycles. The molecule has 3 rings (SSSR count). The fourth-order valence-corrected chi connectivity index (χ4v) is 4.23. The van der Waals surface area contributed by atoms with Crippen LogP contribution < -0.4 is 4.72 Å². The van der Waals surface area contributed by atoms with Crippen molar-refractivity contribution >= 4 is 33.0 Å². The Labute approximate surface area is 147 Å². The summed E-state index contributed by atoms with van der Waals surface area (Å²) >= 11 is 1.25. The van der Waals surface area contributed by atoms with Crippen LogP contribution in [0.25, 0.3) is 10.8 Å².